The summed E-state index contributed by atoms with van der Waals surface area (Å²) in [7, 11) is 0. The number of aryl methyl sites for hydroxylation is 1. The van der Waals surface area contributed by atoms with Gasteiger partial charge in [-0.05, 0) is 32.9 Å². The third-order valence-electron chi connectivity index (χ3n) is 3.58. The van der Waals surface area contributed by atoms with Crippen LogP contribution >= 0.6 is 11.8 Å². The number of hydrogen-bond donors (Lipinski definition) is 2. The summed E-state index contributed by atoms with van der Waals surface area (Å²) in [5.74, 6) is 1.63. The predicted molar refractivity (Wildman–Crippen MR) is 80.7 cm³/mol. The molecule has 1 aromatic rings. The Morgan fingerprint density at radius 1 is 1.38 bits per heavy atom. The summed E-state index contributed by atoms with van der Waals surface area (Å²) in [6.45, 7) is 5.35. The van der Waals surface area contributed by atoms with Gasteiger partial charge < -0.3 is 4.42 Å². The molecular formula is C14H19N3O3S. The van der Waals surface area contributed by atoms with Crippen LogP contribution in [-0.4, -0.2) is 28.3 Å². The molecule has 2 heterocycles. The fourth-order valence-corrected chi connectivity index (χ4v) is 2.94. The summed E-state index contributed by atoms with van der Waals surface area (Å²) in [6.07, 6.45) is 4.18. The van der Waals surface area contributed by atoms with Crippen molar-refractivity contribution < 1.29 is 14.0 Å². The van der Waals surface area contributed by atoms with E-state index in [0.29, 0.717) is 5.76 Å². The zero-order valence-corrected chi connectivity index (χ0v) is 13.2. The number of aromatic nitrogens is 1. The maximum absolute atomic E-state index is 12.3. The fourth-order valence-electron chi connectivity index (χ4n) is 2.09. The van der Waals surface area contributed by atoms with Crippen LogP contribution in [0.15, 0.2) is 22.5 Å². The zero-order valence-electron chi connectivity index (χ0n) is 12.4. The molecule has 0 saturated carbocycles. The summed E-state index contributed by atoms with van der Waals surface area (Å²) in [4.78, 5) is 28.0. The Bertz CT molecular complexity index is 578. The van der Waals surface area contributed by atoms with Gasteiger partial charge in [0.25, 0.3) is 5.91 Å². The highest BCUT2D eigenvalue weighted by Crippen LogP contribution is 2.33. The van der Waals surface area contributed by atoms with E-state index in [2.05, 4.69) is 21.9 Å². The first kappa shape index (κ1) is 15.6. The molecule has 0 fully saturated rings. The number of rotatable bonds is 3. The zero-order chi connectivity index (χ0) is 15.5. The molecule has 7 heteroatoms. The van der Waals surface area contributed by atoms with Crippen molar-refractivity contribution >= 4 is 23.6 Å². The molecule has 0 radical (unpaired) electrons. The van der Waals surface area contributed by atoms with Gasteiger partial charge in [0, 0.05) is 5.75 Å². The van der Waals surface area contributed by atoms with Crippen molar-refractivity contribution in [2.45, 2.75) is 27.2 Å². The van der Waals surface area contributed by atoms with Gasteiger partial charge in [0.05, 0.1) is 5.41 Å². The lowest BCUT2D eigenvalue weighted by molar-refractivity contribution is -0.128. The van der Waals surface area contributed by atoms with Crippen molar-refractivity contribution in [2.24, 2.45) is 5.41 Å². The first-order valence-electron chi connectivity index (χ1n) is 6.71. The fraction of sp³-hybridized carbons (Fsp3) is 0.500. The van der Waals surface area contributed by atoms with Crippen molar-refractivity contribution in [1.82, 2.24) is 15.8 Å². The van der Waals surface area contributed by atoms with Crippen LogP contribution in [-0.2, 0) is 4.79 Å². The minimum atomic E-state index is -0.646. The number of oxazole rings is 1. The number of hydrogen-bond acceptors (Lipinski definition) is 5. The second kappa shape index (κ2) is 6.34. The van der Waals surface area contributed by atoms with Crippen molar-refractivity contribution in [3.63, 3.8) is 0 Å². The molecule has 21 heavy (non-hydrogen) atoms. The Labute approximate surface area is 127 Å². The second-order valence-electron chi connectivity index (χ2n) is 5.34. The Morgan fingerprint density at radius 2 is 2.14 bits per heavy atom. The van der Waals surface area contributed by atoms with Crippen LogP contribution in [0.2, 0.25) is 0 Å². The number of nitrogens with one attached hydrogen (secondary N) is 2. The normalized spacial score (nSPS) is 15.3. The minimum Gasteiger partial charge on any atom is -0.448 e. The van der Waals surface area contributed by atoms with Crippen LogP contribution in [0.25, 0.3) is 0 Å². The molecule has 114 valence electrons. The summed E-state index contributed by atoms with van der Waals surface area (Å²) < 4.78 is 4.96. The number of carbonyl (C=O) groups excluding carboxylic acids is 2. The molecule has 0 atom stereocenters. The van der Waals surface area contributed by atoms with E-state index in [0.717, 1.165) is 23.5 Å². The number of carbonyl (C=O) groups is 2. The van der Waals surface area contributed by atoms with Gasteiger partial charge in [-0.25, -0.2) is 4.98 Å². The molecule has 0 saturated heterocycles. The maximum atomic E-state index is 12.3. The quantitative estimate of drug-likeness (QED) is 0.657. The van der Waals surface area contributed by atoms with E-state index in [1.54, 1.807) is 6.92 Å². The number of hydrazine groups is 1. The minimum absolute atomic E-state index is 0.168. The highest BCUT2D eigenvalue weighted by atomic mass is 32.2. The van der Waals surface area contributed by atoms with Crippen LogP contribution in [0, 0.1) is 12.3 Å². The molecule has 0 bridgehead atoms. The second-order valence-corrected chi connectivity index (χ2v) is 6.49. The molecule has 0 spiro atoms. The van der Waals surface area contributed by atoms with Crippen LogP contribution in [0.3, 0.4) is 0 Å². The summed E-state index contributed by atoms with van der Waals surface area (Å²) in [5.41, 5.74) is 5.47. The van der Waals surface area contributed by atoms with E-state index < -0.39 is 11.3 Å². The van der Waals surface area contributed by atoms with Gasteiger partial charge in [-0.1, -0.05) is 11.6 Å². The number of thioether (sulfide) groups is 1. The number of nitrogens with zero attached hydrogens (tertiary/aromatic N) is 1. The molecule has 1 aliphatic heterocycles. The number of amides is 2. The largest absolute Gasteiger partial charge is 0.448 e. The molecule has 0 unspecified atom stereocenters. The van der Waals surface area contributed by atoms with Crippen LogP contribution < -0.4 is 10.9 Å². The summed E-state index contributed by atoms with van der Waals surface area (Å²) in [5, 5.41) is 0. The molecule has 2 N–H and O–H groups in total. The highest BCUT2D eigenvalue weighted by Gasteiger charge is 2.32. The smallest absolute Gasteiger partial charge is 0.291 e. The summed E-state index contributed by atoms with van der Waals surface area (Å²) >= 11 is 1.85. The van der Waals surface area contributed by atoms with Gasteiger partial charge in [-0.15, -0.1) is 0 Å². The molecular weight excluding hydrogens is 290 g/mol. The molecule has 0 aromatic carbocycles. The lowest BCUT2D eigenvalue weighted by Crippen LogP contribution is -2.48. The molecule has 1 aromatic heterocycles. The Morgan fingerprint density at radius 3 is 2.71 bits per heavy atom. The lowest BCUT2D eigenvalue weighted by atomic mass is 9.81. The molecule has 1 aliphatic rings. The van der Waals surface area contributed by atoms with E-state index in [4.69, 9.17) is 4.42 Å². The predicted octanol–water partition coefficient (Wildman–Crippen LogP) is 1.83. The van der Waals surface area contributed by atoms with E-state index in [1.807, 2.05) is 25.6 Å². The van der Waals surface area contributed by atoms with Gasteiger partial charge in [0.15, 0.2) is 12.1 Å². The average Bonchev–Trinajstić information content (AvgIpc) is 2.91. The first-order valence-corrected chi connectivity index (χ1v) is 7.86. The third kappa shape index (κ3) is 3.47. The molecule has 2 amide bonds. The van der Waals surface area contributed by atoms with Gasteiger partial charge in [-0.3, -0.25) is 20.4 Å². The standard InChI is InChI=1S/C14H19N3O3S/c1-9-11(15-8-20-9)12(18)16-17-13(19)14(2,3)10-4-6-21-7-5-10/h4,8H,5-7H2,1-3H3,(H,16,18)(H,17,19). The molecule has 0 aliphatic carbocycles. The summed E-state index contributed by atoms with van der Waals surface area (Å²) in [6, 6.07) is 0. The Kier molecular flexibility index (Phi) is 4.72. The van der Waals surface area contributed by atoms with E-state index in [1.165, 1.54) is 6.39 Å². The average molecular weight is 309 g/mol. The van der Waals surface area contributed by atoms with E-state index in [9.17, 15) is 9.59 Å². The maximum Gasteiger partial charge on any atom is 0.291 e. The van der Waals surface area contributed by atoms with Crippen molar-refractivity contribution in [2.75, 3.05) is 11.5 Å². The van der Waals surface area contributed by atoms with E-state index >= 15 is 0 Å². The van der Waals surface area contributed by atoms with Crippen molar-refractivity contribution in [3.8, 4) is 0 Å². The SMILES string of the molecule is Cc1ocnc1C(=O)NNC(=O)C(C)(C)C1=CCSCC1. The third-order valence-corrected chi connectivity index (χ3v) is 4.48. The van der Waals surface area contributed by atoms with Gasteiger partial charge in [-0.2, -0.15) is 11.8 Å². The Hall–Kier alpha value is -1.76. The van der Waals surface area contributed by atoms with Gasteiger partial charge >= 0.3 is 0 Å². The van der Waals surface area contributed by atoms with Gasteiger partial charge in [0.1, 0.15) is 5.76 Å². The van der Waals surface area contributed by atoms with Crippen LogP contribution in [0.4, 0.5) is 0 Å². The lowest BCUT2D eigenvalue weighted by Gasteiger charge is -2.29. The van der Waals surface area contributed by atoms with E-state index in [-0.39, 0.29) is 11.6 Å². The van der Waals surface area contributed by atoms with Crippen LogP contribution in [0.1, 0.15) is 36.5 Å². The van der Waals surface area contributed by atoms with Gasteiger partial charge in [0.2, 0.25) is 5.91 Å². The Balaban J connectivity index is 1.96. The highest BCUT2D eigenvalue weighted by molar-refractivity contribution is 7.99. The molecule has 2 rings (SSSR count). The van der Waals surface area contributed by atoms with Crippen molar-refractivity contribution in [3.05, 3.63) is 29.5 Å². The topological polar surface area (TPSA) is 84.2 Å². The van der Waals surface area contributed by atoms with Crippen LogP contribution in [0.5, 0.6) is 0 Å². The van der Waals surface area contributed by atoms with Crippen molar-refractivity contribution in [1.29, 1.82) is 0 Å². The monoisotopic (exact) mass is 309 g/mol. The first-order chi connectivity index (χ1) is 9.93. The molecule has 6 nitrogen and oxygen atoms in total.